The fourth-order valence-corrected chi connectivity index (χ4v) is 3.51. The summed E-state index contributed by atoms with van der Waals surface area (Å²) in [6, 6.07) is 9.95. The van der Waals surface area contributed by atoms with Gasteiger partial charge in [0.05, 0.1) is 26.8 Å². The van der Waals surface area contributed by atoms with Crippen LogP contribution in [0.15, 0.2) is 39.7 Å². The largest absolute Gasteiger partial charge is 0.493 e. The van der Waals surface area contributed by atoms with E-state index in [0.29, 0.717) is 30.5 Å². The second-order valence-corrected chi connectivity index (χ2v) is 6.98. The minimum absolute atomic E-state index is 0. The summed E-state index contributed by atoms with van der Waals surface area (Å²) in [6.07, 6.45) is 2.44. The van der Waals surface area contributed by atoms with Gasteiger partial charge in [0.25, 0.3) is 0 Å². The van der Waals surface area contributed by atoms with Gasteiger partial charge >= 0.3 is 0 Å². The van der Waals surface area contributed by atoms with E-state index in [2.05, 4.69) is 21.3 Å². The number of halogens is 1. The smallest absolute Gasteiger partial charge is 0.188 e. The standard InChI is InChI=1S/C21H30N4O3.HI/c1-15-6-8-18(28-15)17(25-10-4-5-11-25)14-24-21(22)23-13-16-7-9-19(26-2)20(12-16)27-3;/h6-9,12,17H,4-5,10-11,13-14H2,1-3H3,(H3,22,23,24);1H. The lowest BCUT2D eigenvalue weighted by Gasteiger charge is -2.26. The molecular formula is C21H31IN4O3. The third-order valence-corrected chi connectivity index (χ3v) is 5.03. The number of furan rings is 1. The van der Waals surface area contributed by atoms with Crippen molar-refractivity contribution < 1.29 is 13.9 Å². The van der Waals surface area contributed by atoms with Crippen LogP contribution in [0, 0.1) is 6.92 Å². The van der Waals surface area contributed by atoms with Gasteiger partial charge in [-0.15, -0.1) is 24.0 Å². The Bertz CT molecular complexity index is 803. The Balaban J connectivity index is 0.00000300. The van der Waals surface area contributed by atoms with E-state index >= 15 is 0 Å². The van der Waals surface area contributed by atoms with Crippen molar-refractivity contribution in [2.75, 3.05) is 33.9 Å². The Morgan fingerprint density at radius 3 is 2.52 bits per heavy atom. The molecule has 1 aliphatic rings. The second kappa shape index (κ2) is 11.3. The quantitative estimate of drug-likeness (QED) is 0.319. The predicted molar refractivity (Wildman–Crippen MR) is 125 cm³/mol. The molecule has 0 bridgehead atoms. The molecule has 0 radical (unpaired) electrons. The maximum absolute atomic E-state index is 6.11. The van der Waals surface area contributed by atoms with Crippen LogP contribution in [0.5, 0.6) is 11.5 Å². The van der Waals surface area contributed by atoms with Crippen LogP contribution >= 0.6 is 24.0 Å². The van der Waals surface area contributed by atoms with Gasteiger partial charge in [-0.3, -0.25) is 4.90 Å². The number of aryl methyl sites for hydroxylation is 1. The number of hydrogen-bond donors (Lipinski definition) is 2. The summed E-state index contributed by atoms with van der Waals surface area (Å²) in [7, 11) is 3.24. The fraction of sp³-hybridized carbons (Fsp3) is 0.476. The molecule has 3 rings (SSSR count). The van der Waals surface area contributed by atoms with Crippen LogP contribution < -0.4 is 20.5 Å². The summed E-state index contributed by atoms with van der Waals surface area (Å²) in [4.78, 5) is 6.90. The van der Waals surface area contributed by atoms with Gasteiger partial charge in [-0.1, -0.05) is 6.07 Å². The highest BCUT2D eigenvalue weighted by Crippen LogP contribution is 2.28. The average Bonchev–Trinajstić information content (AvgIpc) is 3.38. The molecule has 8 heteroatoms. The van der Waals surface area contributed by atoms with Crippen molar-refractivity contribution >= 4 is 29.9 Å². The minimum Gasteiger partial charge on any atom is -0.493 e. The molecule has 1 aromatic heterocycles. The number of guanidine groups is 1. The van der Waals surface area contributed by atoms with Gasteiger partial charge in [0.15, 0.2) is 17.5 Å². The number of aliphatic imine (C=N–C) groups is 1. The van der Waals surface area contributed by atoms with Crippen LogP contribution in [-0.2, 0) is 6.54 Å². The van der Waals surface area contributed by atoms with Crippen molar-refractivity contribution in [3.8, 4) is 11.5 Å². The monoisotopic (exact) mass is 514 g/mol. The number of hydrogen-bond acceptors (Lipinski definition) is 5. The van der Waals surface area contributed by atoms with E-state index in [-0.39, 0.29) is 30.0 Å². The number of nitrogens with two attached hydrogens (primary N) is 1. The lowest BCUT2D eigenvalue weighted by molar-refractivity contribution is 0.214. The molecule has 1 saturated heterocycles. The van der Waals surface area contributed by atoms with Gasteiger partial charge in [0.2, 0.25) is 0 Å². The normalized spacial score (nSPS) is 15.6. The van der Waals surface area contributed by atoms with Crippen molar-refractivity contribution in [1.82, 2.24) is 10.2 Å². The van der Waals surface area contributed by atoms with Crippen LogP contribution in [0.2, 0.25) is 0 Å². The van der Waals surface area contributed by atoms with E-state index in [1.165, 1.54) is 12.8 Å². The molecule has 7 nitrogen and oxygen atoms in total. The Labute approximate surface area is 189 Å². The van der Waals surface area contributed by atoms with Crippen LogP contribution in [0.25, 0.3) is 0 Å². The van der Waals surface area contributed by atoms with Gasteiger partial charge in [-0.25, -0.2) is 4.99 Å². The van der Waals surface area contributed by atoms with Gasteiger partial charge in [0, 0.05) is 6.54 Å². The zero-order valence-electron chi connectivity index (χ0n) is 17.3. The number of benzene rings is 1. The molecule has 0 spiro atoms. The van der Waals surface area contributed by atoms with E-state index in [0.717, 1.165) is 30.2 Å². The van der Waals surface area contributed by atoms with Crippen LogP contribution in [0.1, 0.15) is 36.0 Å². The summed E-state index contributed by atoms with van der Waals surface area (Å²) in [6.45, 7) is 5.25. The first-order chi connectivity index (χ1) is 13.6. The van der Waals surface area contributed by atoms with Crippen molar-refractivity contribution in [3.05, 3.63) is 47.4 Å². The molecule has 1 unspecified atom stereocenters. The van der Waals surface area contributed by atoms with E-state index in [1.54, 1.807) is 14.2 Å². The number of methoxy groups -OCH3 is 2. The first-order valence-corrected chi connectivity index (χ1v) is 9.65. The van der Waals surface area contributed by atoms with Crippen molar-refractivity contribution in [2.24, 2.45) is 10.7 Å². The zero-order valence-corrected chi connectivity index (χ0v) is 19.6. The van der Waals surface area contributed by atoms with Crippen LogP contribution in [-0.4, -0.2) is 44.7 Å². The van der Waals surface area contributed by atoms with E-state index < -0.39 is 0 Å². The highest BCUT2D eigenvalue weighted by atomic mass is 127. The van der Waals surface area contributed by atoms with Crippen molar-refractivity contribution in [2.45, 2.75) is 32.4 Å². The van der Waals surface area contributed by atoms with Crippen LogP contribution in [0.3, 0.4) is 0 Å². The first-order valence-electron chi connectivity index (χ1n) is 9.65. The Morgan fingerprint density at radius 1 is 1.17 bits per heavy atom. The van der Waals surface area contributed by atoms with Gasteiger partial charge in [-0.05, 0) is 62.7 Å². The SMILES string of the molecule is COc1ccc(CN=C(N)NCC(c2ccc(C)o2)N2CCCC2)cc1OC.I. The highest BCUT2D eigenvalue weighted by molar-refractivity contribution is 14.0. The topological polar surface area (TPSA) is 85.2 Å². The Morgan fingerprint density at radius 2 is 1.90 bits per heavy atom. The summed E-state index contributed by atoms with van der Waals surface area (Å²) in [5.74, 6) is 3.70. The molecule has 1 fully saturated rings. The van der Waals surface area contributed by atoms with Crippen molar-refractivity contribution in [1.29, 1.82) is 0 Å². The molecule has 2 heterocycles. The molecule has 1 atom stereocenters. The second-order valence-electron chi connectivity index (χ2n) is 6.98. The van der Waals surface area contributed by atoms with Crippen LogP contribution in [0.4, 0.5) is 0 Å². The molecule has 2 aromatic rings. The summed E-state index contributed by atoms with van der Waals surface area (Å²) >= 11 is 0. The Kier molecular flexibility index (Phi) is 9.09. The third kappa shape index (κ3) is 6.27. The summed E-state index contributed by atoms with van der Waals surface area (Å²) in [5.41, 5.74) is 7.11. The third-order valence-electron chi connectivity index (χ3n) is 5.03. The molecule has 160 valence electrons. The summed E-state index contributed by atoms with van der Waals surface area (Å²) < 4.78 is 16.5. The molecule has 29 heavy (non-hydrogen) atoms. The first kappa shape index (κ1) is 23.3. The highest BCUT2D eigenvalue weighted by Gasteiger charge is 2.25. The van der Waals surface area contributed by atoms with E-state index in [4.69, 9.17) is 19.6 Å². The zero-order chi connectivity index (χ0) is 19.9. The molecule has 0 saturated carbocycles. The van der Waals surface area contributed by atoms with Gasteiger partial charge in [0.1, 0.15) is 11.5 Å². The molecule has 3 N–H and O–H groups in total. The number of ether oxygens (including phenoxy) is 2. The predicted octanol–water partition coefficient (Wildman–Crippen LogP) is 3.46. The van der Waals surface area contributed by atoms with Gasteiger partial charge < -0.3 is 24.9 Å². The molecule has 0 aliphatic carbocycles. The van der Waals surface area contributed by atoms with Gasteiger partial charge in [-0.2, -0.15) is 0 Å². The maximum Gasteiger partial charge on any atom is 0.188 e. The fourth-order valence-electron chi connectivity index (χ4n) is 3.51. The molecule has 1 aliphatic heterocycles. The summed E-state index contributed by atoms with van der Waals surface area (Å²) in [5, 5.41) is 3.26. The molecule has 1 aromatic carbocycles. The lowest BCUT2D eigenvalue weighted by Crippen LogP contribution is -2.40. The van der Waals surface area contributed by atoms with E-state index in [9.17, 15) is 0 Å². The molecular weight excluding hydrogens is 483 g/mol. The number of likely N-dealkylation sites (tertiary alicyclic amines) is 1. The number of nitrogens with one attached hydrogen (secondary N) is 1. The minimum atomic E-state index is 0. The van der Waals surface area contributed by atoms with Crippen molar-refractivity contribution in [3.63, 3.8) is 0 Å². The Hall–Kier alpha value is -1.94. The number of nitrogens with zero attached hydrogens (tertiary/aromatic N) is 2. The maximum atomic E-state index is 6.11. The lowest BCUT2D eigenvalue weighted by atomic mass is 10.2. The average molecular weight is 514 g/mol. The van der Waals surface area contributed by atoms with E-state index in [1.807, 2.05) is 31.2 Å². The molecule has 0 amide bonds. The number of rotatable bonds is 8.